The van der Waals surface area contributed by atoms with Gasteiger partial charge < -0.3 is 9.64 Å². The van der Waals surface area contributed by atoms with E-state index in [-0.39, 0.29) is 11.3 Å². The molecule has 0 spiro atoms. The van der Waals surface area contributed by atoms with Gasteiger partial charge in [0.05, 0.1) is 37.0 Å². The van der Waals surface area contributed by atoms with Crippen molar-refractivity contribution in [3.63, 3.8) is 0 Å². The fourth-order valence-electron chi connectivity index (χ4n) is 4.67. The topological polar surface area (TPSA) is 80.6 Å². The SMILES string of the molecule is CCCS(=O)(=O)Cc1ccc(F)c(-n2cc(-c3cccc(N4CCN(C5COC5)CC4)c3)nn2)c1F. The van der Waals surface area contributed by atoms with Gasteiger partial charge in [0, 0.05) is 43.0 Å². The van der Waals surface area contributed by atoms with Crippen LogP contribution in [-0.2, 0) is 20.3 Å². The summed E-state index contributed by atoms with van der Waals surface area (Å²) in [4.78, 5) is 4.77. The second-order valence-corrected chi connectivity index (χ2v) is 11.5. The second kappa shape index (κ2) is 10.2. The molecule has 0 amide bonds. The number of anilines is 1. The molecule has 11 heteroatoms. The largest absolute Gasteiger partial charge is 0.378 e. The first-order valence-corrected chi connectivity index (χ1v) is 13.9. The van der Waals surface area contributed by atoms with Gasteiger partial charge in [0.15, 0.2) is 21.5 Å². The maximum absolute atomic E-state index is 15.2. The number of sulfone groups is 1. The maximum atomic E-state index is 15.2. The highest BCUT2D eigenvalue weighted by molar-refractivity contribution is 7.90. The number of piperazine rings is 1. The lowest BCUT2D eigenvalue weighted by Crippen LogP contribution is -2.56. The van der Waals surface area contributed by atoms with E-state index in [1.165, 1.54) is 12.3 Å². The molecule has 192 valence electrons. The molecule has 36 heavy (non-hydrogen) atoms. The number of halogens is 2. The molecule has 0 atom stereocenters. The van der Waals surface area contributed by atoms with Crippen molar-refractivity contribution in [2.45, 2.75) is 25.1 Å². The molecule has 0 radical (unpaired) electrons. The molecule has 2 aliphatic heterocycles. The van der Waals surface area contributed by atoms with Gasteiger partial charge in [-0.05, 0) is 24.6 Å². The van der Waals surface area contributed by atoms with Crippen LogP contribution < -0.4 is 4.90 Å². The minimum Gasteiger partial charge on any atom is -0.378 e. The van der Waals surface area contributed by atoms with Crippen molar-refractivity contribution in [3.8, 4) is 16.9 Å². The van der Waals surface area contributed by atoms with Crippen LogP contribution in [0.5, 0.6) is 0 Å². The van der Waals surface area contributed by atoms with Crippen molar-refractivity contribution in [2.24, 2.45) is 0 Å². The Bertz CT molecular complexity index is 1340. The van der Waals surface area contributed by atoms with Gasteiger partial charge in [-0.15, -0.1) is 5.10 Å². The van der Waals surface area contributed by atoms with Crippen LogP contribution in [-0.4, -0.2) is 79.5 Å². The number of nitrogens with zero attached hydrogens (tertiary/aromatic N) is 5. The Balaban J connectivity index is 1.36. The van der Waals surface area contributed by atoms with Gasteiger partial charge in [0.2, 0.25) is 0 Å². The van der Waals surface area contributed by atoms with Crippen LogP contribution in [0.1, 0.15) is 18.9 Å². The molecule has 3 aromatic rings. The molecular weight excluding hydrogens is 488 g/mol. The van der Waals surface area contributed by atoms with Gasteiger partial charge in [-0.1, -0.05) is 30.3 Å². The van der Waals surface area contributed by atoms with E-state index in [1.54, 1.807) is 6.92 Å². The number of hydrogen-bond donors (Lipinski definition) is 0. The van der Waals surface area contributed by atoms with E-state index in [0.717, 1.165) is 61.4 Å². The van der Waals surface area contributed by atoms with Gasteiger partial charge in [-0.3, -0.25) is 4.90 Å². The zero-order valence-corrected chi connectivity index (χ0v) is 20.9. The molecule has 0 N–H and O–H groups in total. The summed E-state index contributed by atoms with van der Waals surface area (Å²) in [6.07, 6.45) is 1.88. The van der Waals surface area contributed by atoms with Crippen molar-refractivity contribution >= 4 is 15.5 Å². The first-order valence-electron chi connectivity index (χ1n) is 12.1. The van der Waals surface area contributed by atoms with Crippen LogP contribution in [0.15, 0.2) is 42.6 Å². The van der Waals surface area contributed by atoms with E-state index >= 15 is 4.39 Å². The minimum atomic E-state index is -3.50. The number of aromatic nitrogens is 3. The summed E-state index contributed by atoms with van der Waals surface area (Å²) in [7, 11) is -3.50. The van der Waals surface area contributed by atoms with Gasteiger partial charge >= 0.3 is 0 Å². The Morgan fingerprint density at radius 3 is 2.56 bits per heavy atom. The summed E-state index contributed by atoms with van der Waals surface area (Å²) < 4.78 is 60.6. The van der Waals surface area contributed by atoms with E-state index in [4.69, 9.17) is 4.74 Å². The molecular formula is C25H29F2N5O3S. The molecule has 2 saturated heterocycles. The first kappa shape index (κ1) is 24.8. The number of rotatable bonds is 8. The lowest BCUT2D eigenvalue weighted by molar-refractivity contribution is -0.0660. The zero-order valence-electron chi connectivity index (χ0n) is 20.1. The number of benzene rings is 2. The third-order valence-corrected chi connectivity index (χ3v) is 8.50. The van der Waals surface area contributed by atoms with Crippen molar-refractivity contribution in [1.29, 1.82) is 0 Å². The van der Waals surface area contributed by atoms with Crippen molar-refractivity contribution < 1.29 is 21.9 Å². The summed E-state index contributed by atoms with van der Waals surface area (Å²) in [5.41, 5.74) is 1.75. The molecule has 2 aliphatic rings. The minimum absolute atomic E-state index is 0.0625. The summed E-state index contributed by atoms with van der Waals surface area (Å²) in [5.74, 6) is -2.35. The third kappa shape index (κ3) is 5.14. The monoisotopic (exact) mass is 517 g/mol. The summed E-state index contributed by atoms with van der Waals surface area (Å²) >= 11 is 0. The Hall–Kier alpha value is -2.89. The van der Waals surface area contributed by atoms with Crippen LogP contribution in [0, 0.1) is 11.6 Å². The lowest BCUT2D eigenvalue weighted by atomic mass is 10.1. The van der Waals surface area contributed by atoms with Crippen LogP contribution >= 0.6 is 0 Å². The van der Waals surface area contributed by atoms with E-state index in [1.807, 2.05) is 24.3 Å². The third-order valence-electron chi connectivity index (χ3n) is 6.72. The van der Waals surface area contributed by atoms with Crippen LogP contribution in [0.2, 0.25) is 0 Å². The van der Waals surface area contributed by atoms with Gasteiger partial charge in [-0.25, -0.2) is 21.9 Å². The predicted molar refractivity (Wildman–Crippen MR) is 133 cm³/mol. The Morgan fingerprint density at radius 1 is 1.08 bits per heavy atom. The zero-order chi connectivity index (χ0) is 25.3. The average molecular weight is 518 g/mol. The smallest absolute Gasteiger partial charge is 0.156 e. The fraction of sp³-hybridized carbons (Fsp3) is 0.440. The quantitative estimate of drug-likeness (QED) is 0.454. The first-order chi connectivity index (χ1) is 17.3. The van der Waals surface area contributed by atoms with Crippen molar-refractivity contribution in [2.75, 3.05) is 50.0 Å². The maximum Gasteiger partial charge on any atom is 0.156 e. The van der Waals surface area contributed by atoms with Crippen molar-refractivity contribution in [3.05, 3.63) is 59.8 Å². The average Bonchev–Trinajstić information content (AvgIpc) is 3.30. The van der Waals surface area contributed by atoms with Crippen LogP contribution in [0.4, 0.5) is 14.5 Å². The molecule has 0 unspecified atom stereocenters. The Kier molecular flexibility index (Phi) is 7.05. The summed E-state index contributed by atoms with van der Waals surface area (Å²) in [6.45, 7) is 7.09. The number of ether oxygens (including phenoxy) is 1. The number of hydrogen-bond acceptors (Lipinski definition) is 7. The molecule has 2 fully saturated rings. The summed E-state index contributed by atoms with van der Waals surface area (Å²) in [5, 5.41) is 8.09. The van der Waals surface area contributed by atoms with Crippen molar-refractivity contribution in [1.82, 2.24) is 19.9 Å². The Labute approximate surface area is 209 Å². The lowest BCUT2D eigenvalue weighted by Gasteiger charge is -2.43. The standard InChI is InChI=1S/C25H29F2N5O3S/c1-2-12-36(33,34)17-19-6-7-22(26)25(24(19)27)32-14-23(28-29-32)18-4-3-5-20(13-18)30-8-10-31(11-9-30)21-15-35-16-21/h3-7,13-14,21H,2,8-12,15-17H2,1H3. The molecule has 3 heterocycles. The molecule has 0 saturated carbocycles. The highest BCUT2D eigenvalue weighted by Crippen LogP contribution is 2.27. The highest BCUT2D eigenvalue weighted by Gasteiger charge is 2.29. The molecule has 1 aromatic heterocycles. The molecule has 2 aromatic carbocycles. The molecule has 5 rings (SSSR count). The molecule has 8 nitrogen and oxygen atoms in total. The summed E-state index contributed by atoms with van der Waals surface area (Å²) in [6, 6.07) is 10.6. The van der Waals surface area contributed by atoms with Gasteiger partial charge in [-0.2, -0.15) is 0 Å². The Morgan fingerprint density at radius 2 is 1.86 bits per heavy atom. The van der Waals surface area contributed by atoms with E-state index in [9.17, 15) is 12.8 Å². The van der Waals surface area contributed by atoms with Crippen LogP contribution in [0.25, 0.3) is 16.9 Å². The highest BCUT2D eigenvalue weighted by atomic mass is 32.2. The van der Waals surface area contributed by atoms with Gasteiger partial charge in [0.25, 0.3) is 0 Å². The predicted octanol–water partition coefficient (Wildman–Crippen LogP) is 3.06. The van der Waals surface area contributed by atoms with Gasteiger partial charge in [0.1, 0.15) is 11.4 Å². The molecule has 0 aliphatic carbocycles. The fourth-order valence-corrected chi connectivity index (χ4v) is 6.13. The van der Waals surface area contributed by atoms with E-state index < -0.39 is 32.9 Å². The van der Waals surface area contributed by atoms with E-state index in [0.29, 0.717) is 18.2 Å². The normalized spacial score (nSPS) is 17.4. The second-order valence-electron chi connectivity index (χ2n) is 9.27. The van der Waals surface area contributed by atoms with Crippen LogP contribution in [0.3, 0.4) is 0 Å². The van der Waals surface area contributed by atoms with E-state index in [2.05, 4.69) is 20.1 Å². The molecule has 0 bridgehead atoms.